The van der Waals surface area contributed by atoms with Crippen molar-refractivity contribution in [3.05, 3.63) is 82.9 Å². The standard InChI is InChI=1S/C29H24FN5O2/c1-18-12-19(4-6-29(7-8-29)9-10-31)13-23(33-18)28(36)34-26(21-3-2-20-5-11-37-25(20)14-21)27-24-15-22(30)16-35(24)17-32-27/h2-3,5,11-14,17,22,26H,7-9,15-16H2,1H3,(H,34,36)/t22-,26?/m1/s1. The van der Waals surface area contributed by atoms with E-state index in [4.69, 9.17) is 9.68 Å². The van der Waals surface area contributed by atoms with Crippen molar-refractivity contribution in [2.24, 2.45) is 5.41 Å². The summed E-state index contributed by atoms with van der Waals surface area (Å²) in [4.78, 5) is 22.5. The van der Waals surface area contributed by atoms with E-state index in [-0.39, 0.29) is 30.0 Å². The Labute approximate surface area is 213 Å². The molecule has 1 aromatic carbocycles. The predicted octanol–water partition coefficient (Wildman–Crippen LogP) is 4.79. The van der Waals surface area contributed by atoms with Crippen LogP contribution < -0.4 is 5.32 Å². The monoisotopic (exact) mass is 493 g/mol. The van der Waals surface area contributed by atoms with E-state index in [1.807, 2.05) is 37.3 Å². The summed E-state index contributed by atoms with van der Waals surface area (Å²) >= 11 is 0. The molecular weight excluding hydrogens is 469 g/mol. The highest BCUT2D eigenvalue weighted by atomic mass is 19.1. The summed E-state index contributed by atoms with van der Waals surface area (Å²) in [5.41, 5.74) is 4.20. The fourth-order valence-electron chi connectivity index (χ4n) is 4.91. The molecule has 1 aliphatic carbocycles. The molecule has 1 aliphatic heterocycles. The molecule has 7 nitrogen and oxygen atoms in total. The zero-order valence-corrected chi connectivity index (χ0v) is 20.3. The Kier molecular flexibility index (Phi) is 5.53. The second-order valence-corrected chi connectivity index (χ2v) is 9.90. The largest absolute Gasteiger partial charge is 0.464 e. The van der Waals surface area contributed by atoms with Crippen LogP contribution in [0, 0.1) is 35.5 Å². The first-order chi connectivity index (χ1) is 17.9. The van der Waals surface area contributed by atoms with E-state index in [0.29, 0.717) is 29.0 Å². The van der Waals surface area contributed by atoms with Gasteiger partial charge in [0.2, 0.25) is 0 Å². The number of benzene rings is 1. The molecule has 1 amide bonds. The Morgan fingerprint density at radius 2 is 2.19 bits per heavy atom. The van der Waals surface area contributed by atoms with Gasteiger partial charge in [-0.1, -0.05) is 24.0 Å². The number of carbonyl (C=O) groups is 1. The van der Waals surface area contributed by atoms with Crippen LogP contribution in [0.25, 0.3) is 11.0 Å². The molecule has 0 bridgehead atoms. The van der Waals surface area contributed by atoms with Gasteiger partial charge in [-0.05, 0) is 49.6 Å². The quantitative estimate of drug-likeness (QED) is 0.403. The number of nitriles is 1. The normalized spacial score (nSPS) is 17.9. The van der Waals surface area contributed by atoms with Crippen molar-refractivity contribution in [1.82, 2.24) is 19.9 Å². The first kappa shape index (κ1) is 23.0. The summed E-state index contributed by atoms with van der Waals surface area (Å²) in [7, 11) is 0. The number of hydrogen-bond donors (Lipinski definition) is 1. The van der Waals surface area contributed by atoms with Crippen LogP contribution >= 0.6 is 0 Å². The van der Waals surface area contributed by atoms with Gasteiger partial charge in [0.05, 0.1) is 43.4 Å². The van der Waals surface area contributed by atoms with Gasteiger partial charge in [-0.3, -0.25) is 4.79 Å². The van der Waals surface area contributed by atoms with Gasteiger partial charge in [-0.15, -0.1) is 0 Å². The number of hydrogen-bond acceptors (Lipinski definition) is 5. The fourth-order valence-corrected chi connectivity index (χ4v) is 4.91. The number of rotatable bonds is 5. The van der Waals surface area contributed by atoms with Gasteiger partial charge in [-0.2, -0.15) is 5.26 Å². The molecule has 4 heterocycles. The van der Waals surface area contributed by atoms with Crippen molar-refractivity contribution < 1.29 is 13.6 Å². The van der Waals surface area contributed by atoms with Crippen LogP contribution in [-0.2, 0) is 13.0 Å². The molecule has 6 rings (SSSR count). The highest BCUT2D eigenvalue weighted by Crippen LogP contribution is 2.47. The second kappa shape index (κ2) is 8.90. The SMILES string of the molecule is Cc1cc(C#CC2(CC#N)CC2)cc(C(=O)NC(c2ccc3ccoc3c2)c2ncn3c2C[C@@H](F)C3)n1. The Hall–Kier alpha value is -4.43. The number of imidazole rings is 1. The molecule has 2 atom stereocenters. The maximum absolute atomic E-state index is 14.2. The molecule has 184 valence electrons. The van der Waals surface area contributed by atoms with Crippen LogP contribution in [-0.4, -0.2) is 26.6 Å². The number of nitrogens with one attached hydrogen (secondary N) is 1. The molecule has 1 unspecified atom stereocenters. The number of carbonyl (C=O) groups excluding carboxylic acids is 1. The van der Waals surface area contributed by atoms with Crippen LogP contribution in [0.2, 0.25) is 0 Å². The average molecular weight is 494 g/mol. The number of amides is 1. The van der Waals surface area contributed by atoms with Crippen LogP contribution in [0.3, 0.4) is 0 Å². The molecular formula is C29H24FN5O2. The zero-order chi connectivity index (χ0) is 25.6. The molecule has 1 N–H and O–H groups in total. The Bertz CT molecular complexity index is 1630. The molecule has 0 spiro atoms. The lowest BCUT2D eigenvalue weighted by atomic mass is 9.99. The van der Waals surface area contributed by atoms with Crippen LogP contribution in [0.1, 0.15) is 64.0 Å². The van der Waals surface area contributed by atoms with E-state index in [9.17, 15) is 9.18 Å². The maximum Gasteiger partial charge on any atom is 0.270 e. The van der Waals surface area contributed by atoms with Gasteiger partial charge in [0.1, 0.15) is 17.4 Å². The number of pyridine rings is 1. The van der Waals surface area contributed by atoms with Gasteiger partial charge in [0.15, 0.2) is 0 Å². The molecule has 37 heavy (non-hydrogen) atoms. The van der Waals surface area contributed by atoms with Gasteiger partial charge < -0.3 is 14.3 Å². The lowest BCUT2D eigenvalue weighted by Gasteiger charge is -2.19. The summed E-state index contributed by atoms with van der Waals surface area (Å²) in [6.07, 6.45) is 4.76. The number of halogens is 1. The zero-order valence-electron chi connectivity index (χ0n) is 20.3. The smallest absolute Gasteiger partial charge is 0.270 e. The van der Waals surface area contributed by atoms with Crippen molar-refractivity contribution >= 4 is 16.9 Å². The molecule has 0 radical (unpaired) electrons. The molecule has 3 aromatic heterocycles. The molecule has 1 saturated carbocycles. The predicted molar refractivity (Wildman–Crippen MR) is 134 cm³/mol. The average Bonchev–Trinajstić information content (AvgIpc) is 3.17. The third kappa shape index (κ3) is 4.47. The van der Waals surface area contributed by atoms with E-state index in [0.717, 1.165) is 29.5 Å². The van der Waals surface area contributed by atoms with Gasteiger partial charge in [0, 0.05) is 34.2 Å². The topological polar surface area (TPSA) is 96.7 Å². The number of fused-ring (bicyclic) bond motifs is 2. The highest BCUT2D eigenvalue weighted by molar-refractivity contribution is 5.93. The highest BCUT2D eigenvalue weighted by Gasteiger charge is 2.40. The first-order valence-corrected chi connectivity index (χ1v) is 12.3. The summed E-state index contributed by atoms with van der Waals surface area (Å²) in [6.45, 7) is 2.07. The van der Waals surface area contributed by atoms with E-state index < -0.39 is 12.2 Å². The van der Waals surface area contributed by atoms with Gasteiger partial charge in [-0.25, -0.2) is 14.4 Å². The minimum atomic E-state index is -0.976. The third-order valence-electron chi connectivity index (χ3n) is 7.08. The molecule has 1 fully saturated rings. The molecule has 8 heteroatoms. The Morgan fingerprint density at radius 1 is 1.32 bits per heavy atom. The van der Waals surface area contributed by atoms with Crippen LogP contribution in [0.15, 0.2) is 53.4 Å². The number of aryl methyl sites for hydroxylation is 1. The minimum absolute atomic E-state index is 0.223. The van der Waals surface area contributed by atoms with E-state index in [1.54, 1.807) is 23.2 Å². The first-order valence-electron chi connectivity index (χ1n) is 12.3. The third-order valence-corrected chi connectivity index (χ3v) is 7.08. The van der Waals surface area contributed by atoms with Gasteiger partial charge in [0.25, 0.3) is 5.91 Å². The van der Waals surface area contributed by atoms with Crippen molar-refractivity contribution in [1.29, 1.82) is 5.26 Å². The van der Waals surface area contributed by atoms with Crippen LogP contribution in [0.5, 0.6) is 0 Å². The van der Waals surface area contributed by atoms with Crippen molar-refractivity contribution in [2.45, 2.75) is 51.4 Å². The fraction of sp³-hybridized carbons (Fsp3) is 0.310. The Morgan fingerprint density at radius 3 is 3.00 bits per heavy atom. The number of aromatic nitrogens is 3. The molecule has 0 saturated heterocycles. The van der Waals surface area contributed by atoms with E-state index in [2.05, 4.69) is 33.2 Å². The molecule has 2 aliphatic rings. The van der Waals surface area contributed by atoms with Crippen molar-refractivity contribution in [2.75, 3.05) is 0 Å². The summed E-state index contributed by atoms with van der Waals surface area (Å²) in [5, 5.41) is 13.1. The van der Waals surface area contributed by atoms with Gasteiger partial charge >= 0.3 is 0 Å². The summed E-state index contributed by atoms with van der Waals surface area (Å²) < 4.78 is 21.6. The van der Waals surface area contributed by atoms with Crippen molar-refractivity contribution in [3.63, 3.8) is 0 Å². The lowest BCUT2D eigenvalue weighted by Crippen LogP contribution is -2.31. The van der Waals surface area contributed by atoms with E-state index >= 15 is 0 Å². The van der Waals surface area contributed by atoms with E-state index in [1.165, 1.54) is 0 Å². The number of furan rings is 1. The number of alkyl halides is 1. The lowest BCUT2D eigenvalue weighted by molar-refractivity contribution is 0.0937. The summed E-state index contributed by atoms with van der Waals surface area (Å²) in [6, 6.07) is 12.7. The van der Waals surface area contributed by atoms with Crippen LogP contribution in [0.4, 0.5) is 4.39 Å². The summed E-state index contributed by atoms with van der Waals surface area (Å²) in [5.74, 6) is 5.99. The van der Waals surface area contributed by atoms with Crippen molar-refractivity contribution in [3.8, 4) is 17.9 Å². The second-order valence-electron chi connectivity index (χ2n) is 9.90. The number of nitrogens with zero attached hydrogens (tertiary/aromatic N) is 4. The Balaban J connectivity index is 1.34. The minimum Gasteiger partial charge on any atom is -0.464 e. The molecule has 4 aromatic rings. The maximum atomic E-state index is 14.2.